The van der Waals surface area contributed by atoms with Gasteiger partial charge in [0.15, 0.2) is 0 Å². The van der Waals surface area contributed by atoms with E-state index < -0.39 is 0 Å². The molecule has 0 aliphatic rings. The number of nitrogens with one attached hydrogen (secondary N) is 1. The Morgan fingerprint density at radius 3 is 2.86 bits per heavy atom. The Hall–Kier alpha value is -1.02. The summed E-state index contributed by atoms with van der Waals surface area (Å²) in [6.07, 6.45) is 2.27. The fourth-order valence-corrected chi connectivity index (χ4v) is 1.36. The van der Waals surface area contributed by atoms with E-state index >= 15 is 0 Å². The number of unbranched alkanes of at least 4 members (excludes halogenated alkanes) is 1. The number of aryl methyl sites for hydroxylation is 1. The number of ether oxygens (including phenoxy) is 1. The minimum Gasteiger partial charge on any atom is -0.385 e. The molecule has 0 heterocycles. The van der Waals surface area contributed by atoms with Crippen LogP contribution in [0.15, 0.2) is 24.3 Å². The zero-order valence-corrected chi connectivity index (χ0v) is 9.05. The van der Waals surface area contributed by atoms with Crippen molar-refractivity contribution in [3.05, 3.63) is 29.8 Å². The summed E-state index contributed by atoms with van der Waals surface area (Å²) < 4.78 is 4.99. The summed E-state index contributed by atoms with van der Waals surface area (Å²) in [5.41, 5.74) is 2.51. The Morgan fingerprint density at radius 1 is 1.29 bits per heavy atom. The molecular weight excluding hydrogens is 174 g/mol. The average molecular weight is 193 g/mol. The van der Waals surface area contributed by atoms with Crippen LogP contribution in [0, 0.1) is 6.92 Å². The van der Waals surface area contributed by atoms with Crippen molar-refractivity contribution in [2.75, 3.05) is 25.6 Å². The molecular formula is C12H19NO. The van der Waals surface area contributed by atoms with Crippen molar-refractivity contribution in [2.24, 2.45) is 0 Å². The number of anilines is 1. The Bertz CT molecular complexity index is 260. The fraction of sp³-hybridized carbons (Fsp3) is 0.500. The third-order valence-corrected chi connectivity index (χ3v) is 2.12. The van der Waals surface area contributed by atoms with Gasteiger partial charge in [0.1, 0.15) is 0 Å². The van der Waals surface area contributed by atoms with Gasteiger partial charge < -0.3 is 10.1 Å². The Kier molecular flexibility index (Phi) is 5.08. The molecule has 1 aromatic carbocycles. The van der Waals surface area contributed by atoms with Gasteiger partial charge in [0, 0.05) is 25.9 Å². The molecule has 1 rings (SSSR count). The molecule has 0 spiro atoms. The molecule has 78 valence electrons. The van der Waals surface area contributed by atoms with Crippen LogP contribution in [0.1, 0.15) is 18.4 Å². The number of hydrogen-bond donors (Lipinski definition) is 1. The molecule has 0 saturated carbocycles. The maximum Gasteiger partial charge on any atom is 0.0462 e. The summed E-state index contributed by atoms with van der Waals surface area (Å²) in [4.78, 5) is 0. The summed E-state index contributed by atoms with van der Waals surface area (Å²) in [6, 6.07) is 8.45. The summed E-state index contributed by atoms with van der Waals surface area (Å²) in [5, 5.41) is 3.39. The van der Waals surface area contributed by atoms with E-state index in [0.717, 1.165) is 26.0 Å². The van der Waals surface area contributed by atoms with E-state index in [9.17, 15) is 0 Å². The number of methoxy groups -OCH3 is 1. The van der Waals surface area contributed by atoms with Crippen molar-refractivity contribution in [2.45, 2.75) is 19.8 Å². The van der Waals surface area contributed by atoms with Crippen LogP contribution in [0.5, 0.6) is 0 Å². The maximum absolute atomic E-state index is 4.99. The van der Waals surface area contributed by atoms with Crippen molar-refractivity contribution in [1.29, 1.82) is 0 Å². The van der Waals surface area contributed by atoms with Crippen LogP contribution >= 0.6 is 0 Å². The molecule has 2 nitrogen and oxygen atoms in total. The van der Waals surface area contributed by atoms with Gasteiger partial charge in [-0.05, 0) is 37.5 Å². The number of rotatable bonds is 6. The van der Waals surface area contributed by atoms with Crippen LogP contribution in [0.25, 0.3) is 0 Å². The quantitative estimate of drug-likeness (QED) is 0.701. The van der Waals surface area contributed by atoms with Gasteiger partial charge >= 0.3 is 0 Å². The highest BCUT2D eigenvalue weighted by Gasteiger charge is 1.91. The SMILES string of the molecule is COCCCCNc1cccc(C)c1. The monoisotopic (exact) mass is 193 g/mol. The standard InChI is InChI=1S/C12H19NO/c1-11-6-5-7-12(10-11)13-8-3-4-9-14-2/h5-7,10,13H,3-4,8-9H2,1-2H3. The maximum atomic E-state index is 4.99. The first-order chi connectivity index (χ1) is 6.83. The van der Waals surface area contributed by atoms with E-state index in [-0.39, 0.29) is 0 Å². The molecule has 0 bridgehead atoms. The van der Waals surface area contributed by atoms with Crippen LogP contribution < -0.4 is 5.32 Å². The van der Waals surface area contributed by atoms with E-state index in [1.165, 1.54) is 11.3 Å². The minimum atomic E-state index is 0.857. The molecule has 14 heavy (non-hydrogen) atoms. The first-order valence-electron chi connectivity index (χ1n) is 5.12. The van der Waals surface area contributed by atoms with E-state index in [1.807, 2.05) is 0 Å². The summed E-state index contributed by atoms with van der Waals surface area (Å²) in [7, 11) is 1.74. The van der Waals surface area contributed by atoms with Crippen molar-refractivity contribution in [1.82, 2.24) is 0 Å². The Balaban J connectivity index is 2.18. The van der Waals surface area contributed by atoms with Crippen molar-refractivity contribution in [3.63, 3.8) is 0 Å². The van der Waals surface area contributed by atoms with Gasteiger partial charge in [-0.1, -0.05) is 12.1 Å². The topological polar surface area (TPSA) is 21.3 Å². The molecule has 0 atom stereocenters. The third-order valence-electron chi connectivity index (χ3n) is 2.12. The highest BCUT2D eigenvalue weighted by atomic mass is 16.5. The second-order valence-corrected chi connectivity index (χ2v) is 3.50. The average Bonchev–Trinajstić information content (AvgIpc) is 2.18. The van der Waals surface area contributed by atoms with Gasteiger partial charge in [-0.2, -0.15) is 0 Å². The summed E-state index contributed by atoms with van der Waals surface area (Å²) in [5.74, 6) is 0. The molecule has 2 heteroatoms. The van der Waals surface area contributed by atoms with E-state index in [4.69, 9.17) is 4.74 Å². The number of benzene rings is 1. The molecule has 0 aromatic heterocycles. The molecule has 0 unspecified atom stereocenters. The molecule has 0 aliphatic heterocycles. The predicted molar refractivity (Wildman–Crippen MR) is 60.8 cm³/mol. The molecule has 1 N–H and O–H groups in total. The zero-order valence-electron chi connectivity index (χ0n) is 9.05. The Labute approximate surface area is 86.3 Å². The smallest absolute Gasteiger partial charge is 0.0462 e. The van der Waals surface area contributed by atoms with Crippen LogP contribution in [0.4, 0.5) is 5.69 Å². The number of hydrogen-bond acceptors (Lipinski definition) is 2. The zero-order chi connectivity index (χ0) is 10.2. The van der Waals surface area contributed by atoms with Gasteiger partial charge in [-0.3, -0.25) is 0 Å². The highest BCUT2D eigenvalue weighted by molar-refractivity contribution is 5.45. The normalized spacial score (nSPS) is 10.1. The van der Waals surface area contributed by atoms with Gasteiger partial charge in [-0.15, -0.1) is 0 Å². The summed E-state index contributed by atoms with van der Waals surface area (Å²) >= 11 is 0. The lowest BCUT2D eigenvalue weighted by atomic mass is 10.2. The lowest BCUT2D eigenvalue weighted by Crippen LogP contribution is -2.02. The lowest BCUT2D eigenvalue weighted by molar-refractivity contribution is 0.194. The molecule has 0 amide bonds. The Morgan fingerprint density at radius 2 is 2.14 bits per heavy atom. The van der Waals surface area contributed by atoms with Crippen LogP contribution in [0.3, 0.4) is 0 Å². The van der Waals surface area contributed by atoms with Crippen LogP contribution in [-0.2, 0) is 4.74 Å². The molecule has 0 fully saturated rings. The lowest BCUT2D eigenvalue weighted by Gasteiger charge is -2.06. The van der Waals surface area contributed by atoms with Gasteiger partial charge in [0.05, 0.1) is 0 Å². The van der Waals surface area contributed by atoms with Crippen molar-refractivity contribution < 1.29 is 4.74 Å². The van der Waals surface area contributed by atoms with Gasteiger partial charge in [-0.25, -0.2) is 0 Å². The van der Waals surface area contributed by atoms with Crippen LogP contribution in [-0.4, -0.2) is 20.3 Å². The van der Waals surface area contributed by atoms with Gasteiger partial charge in [0.2, 0.25) is 0 Å². The van der Waals surface area contributed by atoms with Gasteiger partial charge in [0.25, 0.3) is 0 Å². The summed E-state index contributed by atoms with van der Waals surface area (Å²) in [6.45, 7) is 3.98. The molecule has 0 saturated heterocycles. The third kappa shape index (κ3) is 4.28. The largest absolute Gasteiger partial charge is 0.385 e. The molecule has 0 radical (unpaired) electrons. The second-order valence-electron chi connectivity index (χ2n) is 3.50. The van der Waals surface area contributed by atoms with E-state index in [0.29, 0.717) is 0 Å². The minimum absolute atomic E-state index is 0.857. The van der Waals surface area contributed by atoms with Crippen molar-refractivity contribution in [3.8, 4) is 0 Å². The van der Waals surface area contributed by atoms with Crippen molar-refractivity contribution >= 4 is 5.69 Å². The first-order valence-corrected chi connectivity index (χ1v) is 5.12. The molecule has 0 aliphatic carbocycles. The second kappa shape index (κ2) is 6.44. The predicted octanol–water partition coefficient (Wildman–Crippen LogP) is 2.83. The fourth-order valence-electron chi connectivity index (χ4n) is 1.36. The highest BCUT2D eigenvalue weighted by Crippen LogP contribution is 2.09. The van der Waals surface area contributed by atoms with E-state index in [2.05, 4.69) is 36.5 Å². The first kappa shape index (κ1) is 11.1. The molecule has 1 aromatic rings. The van der Waals surface area contributed by atoms with E-state index in [1.54, 1.807) is 7.11 Å². The van der Waals surface area contributed by atoms with Crippen LogP contribution in [0.2, 0.25) is 0 Å².